The van der Waals surface area contributed by atoms with E-state index in [1.165, 1.54) is 49.8 Å². The van der Waals surface area contributed by atoms with Gasteiger partial charge < -0.3 is 30.7 Å². The highest BCUT2D eigenvalue weighted by molar-refractivity contribution is 5.74. The maximum Gasteiger partial charge on any atom is 0.317 e. The number of hydrogen-bond acceptors (Lipinski definition) is 5. The molecule has 1 saturated heterocycles. The first kappa shape index (κ1) is 30.7. The van der Waals surface area contributed by atoms with Crippen LogP contribution in [0.25, 0.3) is 0 Å². The second-order valence-electron chi connectivity index (χ2n) is 10.5. The van der Waals surface area contributed by atoms with Crippen LogP contribution in [0.15, 0.2) is 48.5 Å². The lowest BCUT2D eigenvalue weighted by atomic mass is 10.0. The largest absolute Gasteiger partial charge is 0.491 e. The summed E-state index contributed by atoms with van der Waals surface area (Å²) in [6.45, 7) is 5.90. The molecule has 0 radical (unpaired) electrons. The van der Waals surface area contributed by atoms with Gasteiger partial charge in [-0.3, -0.25) is 0 Å². The third-order valence-corrected chi connectivity index (χ3v) is 7.14. The molecule has 1 aliphatic rings. The summed E-state index contributed by atoms with van der Waals surface area (Å²) < 4.78 is 18.4. The molecule has 4 N–H and O–H groups in total. The lowest BCUT2D eigenvalue weighted by molar-refractivity contribution is 0.106. The van der Waals surface area contributed by atoms with Crippen LogP contribution < -0.4 is 20.7 Å². The number of piperidine rings is 1. The standard InChI is InChI=1S/C31H47FN4O3/c1-2-3-4-5-6-7-19-34-31(38)36-21-17-28(18-22-36)35-27-12-8-25(9-13-27)16-20-33-23-29(37)24-39-30-14-10-26(32)11-15-30/h8-15,28-29,33,35,37H,2-7,16-24H2,1H3,(H,34,38). The fourth-order valence-corrected chi connectivity index (χ4v) is 4.73. The van der Waals surface area contributed by atoms with Gasteiger partial charge >= 0.3 is 6.03 Å². The van der Waals surface area contributed by atoms with E-state index in [4.69, 9.17) is 4.74 Å². The molecule has 0 spiro atoms. The van der Waals surface area contributed by atoms with Crippen molar-refractivity contribution in [3.63, 3.8) is 0 Å². The molecule has 1 atom stereocenters. The molecule has 7 nitrogen and oxygen atoms in total. The van der Waals surface area contributed by atoms with Crippen molar-refractivity contribution in [2.45, 2.75) is 76.9 Å². The average Bonchev–Trinajstić information content (AvgIpc) is 2.95. The molecule has 1 heterocycles. The predicted octanol–water partition coefficient (Wildman–Crippen LogP) is 5.34. The van der Waals surface area contributed by atoms with E-state index in [-0.39, 0.29) is 18.5 Å². The van der Waals surface area contributed by atoms with Gasteiger partial charge in [0.1, 0.15) is 24.3 Å². The molecular formula is C31H47FN4O3. The third-order valence-electron chi connectivity index (χ3n) is 7.14. The molecule has 1 fully saturated rings. The molecule has 0 saturated carbocycles. The summed E-state index contributed by atoms with van der Waals surface area (Å²) in [5.74, 6) is 0.229. The highest BCUT2D eigenvalue weighted by Crippen LogP contribution is 2.18. The van der Waals surface area contributed by atoms with Crippen molar-refractivity contribution in [2.24, 2.45) is 0 Å². The molecule has 1 unspecified atom stereocenters. The number of benzene rings is 2. The van der Waals surface area contributed by atoms with Gasteiger partial charge in [-0.25, -0.2) is 9.18 Å². The Kier molecular flexibility index (Phi) is 13.9. The Hall–Kier alpha value is -2.84. The monoisotopic (exact) mass is 542 g/mol. The van der Waals surface area contributed by atoms with Crippen LogP contribution in [-0.4, -0.2) is 67.5 Å². The maximum absolute atomic E-state index is 12.9. The van der Waals surface area contributed by atoms with Crippen LogP contribution >= 0.6 is 0 Å². The molecule has 2 amide bonds. The Morgan fingerprint density at radius 2 is 1.69 bits per heavy atom. The predicted molar refractivity (Wildman–Crippen MR) is 156 cm³/mol. The van der Waals surface area contributed by atoms with Gasteiger partial charge in [-0.2, -0.15) is 0 Å². The quantitative estimate of drug-likeness (QED) is 0.203. The number of rotatable bonds is 17. The summed E-state index contributed by atoms with van der Waals surface area (Å²) >= 11 is 0. The molecule has 0 aromatic heterocycles. The smallest absolute Gasteiger partial charge is 0.317 e. The van der Waals surface area contributed by atoms with Gasteiger partial charge in [0.25, 0.3) is 0 Å². The summed E-state index contributed by atoms with van der Waals surface area (Å²) in [5, 5.41) is 20.0. The molecule has 0 aliphatic carbocycles. The summed E-state index contributed by atoms with van der Waals surface area (Å²) in [4.78, 5) is 14.4. The second kappa shape index (κ2) is 17.7. The third kappa shape index (κ3) is 12.3. The maximum atomic E-state index is 12.9. The van der Waals surface area contributed by atoms with Crippen molar-refractivity contribution >= 4 is 11.7 Å². The molecule has 8 heteroatoms. The highest BCUT2D eigenvalue weighted by atomic mass is 19.1. The number of hydrogen-bond donors (Lipinski definition) is 4. The Morgan fingerprint density at radius 1 is 1.00 bits per heavy atom. The van der Waals surface area contributed by atoms with Crippen LogP contribution in [0.4, 0.5) is 14.9 Å². The van der Waals surface area contributed by atoms with Gasteiger partial charge in [-0.05, 0) is 74.2 Å². The Labute approximate surface area is 233 Å². The number of likely N-dealkylation sites (tertiary alicyclic amines) is 1. The summed E-state index contributed by atoms with van der Waals surface area (Å²) in [6, 6.07) is 14.7. The van der Waals surface area contributed by atoms with Crippen LogP contribution in [0.2, 0.25) is 0 Å². The van der Waals surface area contributed by atoms with Crippen LogP contribution in [0, 0.1) is 5.82 Å². The SMILES string of the molecule is CCCCCCCCNC(=O)N1CCC(Nc2ccc(CCNCC(O)COc3ccc(F)cc3)cc2)CC1. The first-order valence-electron chi connectivity index (χ1n) is 14.7. The lowest BCUT2D eigenvalue weighted by Crippen LogP contribution is -2.47. The van der Waals surface area contributed by atoms with Crippen molar-refractivity contribution in [2.75, 3.05) is 44.6 Å². The van der Waals surface area contributed by atoms with Crippen molar-refractivity contribution in [3.05, 3.63) is 59.9 Å². The van der Waals surface area contributed by atoms with Crippen LogP contribution in [0.5, 0.6) is 5.75 Å². The van der Waals surface area contributed by atoms with E-state index in [1.54, 1.807) is 12.1 Å². The fourth-order valence-electron chi connectivity index (χ4n) is 4.73. The van der Waals surface area contributed by atoms with Crippen molar-refractivity contribution in [3.8, 4) is 5.75 Å². The zero-order valence-corrected chi connectivity index (χ0v) is 23.5. The molecule has 2 aromatic carbocycles. The molecular weight excluding hydrogens is 495 g/mol. The zero-order valence-electron chi connectivity index (χ0n) is 23.5. The van der Waals surface area contributed by atoms with E-state index in [9.17, 15) is 14.3 Å². The minimum atomic E-state index is -0.639. The number of halogens is 1. The van der Waals surface area contributed by atoms with Crippen LogP contribution in [0.3, 0.4) is 0 Å². The number of nitrogens with one attached hydrogen (secondary N) is 3. The van der Waals surface area contributed by atoms with E-state index in [2.05, 4.69) is 47.1 Å². The number of amides is 2. The number of anilines is 1. The Morgan fingerprint density at radius 3 is 2.41 bits per heavy atom. The molecule has 3 rings (SSSR count). The number of urea groups is 1. The normalized spacial score (nSPS) is 14.7. The number of carbonyl (C=O) groups excluding carboxylic acids is 1. The van der Waals surface area contributed by atoms with E-state index < -0.39 is 6.10 Å². The average molecular weight is 543 g/mol. The van der Waals surface area contributed by atoms with Crippen molar-refractivity contribution in [1.29, 1.82) is 0 Å². The Balaban J connectivity index is 1.23. The van der Waals surface area contributed by atoms with Gasteiger partial charge in [-0.15, -0.1) is 0 Å². The van der Waals surface area contributed by atoms with E-state index in [0.29, 0.717) is 18.3 Å². The highest BCUT2D eigenvalue weighted by Gasteiger charge is 2.22. The number of ether oxygens (including phenoxy) is 1. The minimum Gasteiger partial charge on any atom is -0.491 e. The Bertz CT molecular complexity index is 934. The molecule has 2 aromatic rings. The number of nitrogens with zero attached hydrogens (tertiary/aromatic N) is 1. The van der Waals surface area contributed by atoms with E-state index in [1.807, 2.05) is 4.90 Å². The first-order chi connectivity index (χ1) is 19.0. The number of aliphatic hydroxyl groups is 1. The zero-order chi connectivity index (χ0) is 27.7. The number of carbonyl (C=O) groups is 1. The molecule has 1 aliphatic heterocycles. The van der Waals surface area contributed by atoms with Gasteiger partial charge in [0.15, 0.2) is 0 Å². The summed E-state index contributed by atoms with van der Waals surface area (Å²) in [5.41, 5.74) is 2.33. The van der Waals surface area contributed by atoms with Crippen LogP contribution in [-0.2, 0) is 6.42 Å². The van der Waals surface area contributed by atoms with Gasteiger partial charge in [-0.1, -0.05) is 51.2 Å². The van der Waals surface area contributed by atoms with Crippen molar-refractivity contribution < 1.29 is 19.0 Å². The number of aliphatic hydroxyl groups excluding tert-OH is 1. The van der Waals surface area contributed by atoms with Crippen LogP contribution in [0.1, 0.15) is 63.9 Å². The summed E-state index contributed by atoms with van der Waals surface area (Å²) in [7, 11) is 0. The van der Waals surface area contributed by atoms with Gasteiger partial charge in [0.2, 0.25) is 0 Å². The number of unbranched alkanes of at least 4 members (excludes halogenated alkanes) is 5. The lowest BCUT2D eigenvalue weighted by Gasteiger charge is -2.33. The topological polar surface area (TPSA) is 85.9 Å². The van der Waals surface area contributed by atoms with Gasteiger partial charge in [0.05, 0.1) is 0 Å². The summed E-state index contributed by atoms with van der Waals surface area (Å²) in [6.07, 6.45) is 9.51. The molecule has 39 heavy (non-hydrogen) atoms. The van der Waals surface area contributed by atoms with Gasteiger partial charge in [0, 0.05) is 37.9 Å². The fraction of sp³-hybridized carbons (Fsp3) is 0.581. The second-order valence-corrected chi connectivity index (χ2v) is 10.5. The van der Waals surface area contributed by atoms with Crippen molar-refractivity contribution in [1.82, 2.24) is 15.5 Å². The molecule has 216 valence electrons. The molecule has 0 bridgehead atoms. The van der Waals surface area contributed by atoms with E-state index >= 15 is 0 Å². The van der Waals surface area contributed by atoms with E-state index in [0.717, 1.165) is 57.5 Å². The minimum absolute atomic E-state index is 0.0768. The first-order valence-corrected chi connectivity index (χ1v) is 14.7.